The number of anilines is 1. The van der Waals surface area contributed by atoms with Gasteiger partial charge < -0.3 is 10.0 Å². The molecule has 0 radical (unpaired) electrons. The maximum Gasteiger partial charge on any atom is 0.128 e. The Labute approximate surface area is 110 Å². The lowest BCUT2D eigenvalue weighted by molar-refractivity contribution is 0.199. The van der Waals surface area contributed by atoms with E-state index < -0.39 is 6.10 Å². The first-order valence-corrected chi connectivity index (χ1v) is 7.13. The van der Waals surface area contributed by atoms with E-state index in [0.717, 1.165) is 17.9 Å². The zero-order chi connectivity index (χ0) is 13.0. The van der Waals surface area contributed by atoms with Crippen molar-refractivity contribution in [3.63, 3.8) is 0 Å². The van der Waals surface area contributed by atoms with Crippen LogP contribution in [0.4, 0.5) is 5.82 Å². The van der Waals surface area contributed by atoms with Crippen LogP contribution in [-0.2, 0) is 0 Å². The van der Waals surface area contributed by atoms with Crippen LogP contribution >= 0.6 is 0 Å². The van der Waals surface area contributed by atoms with E-state index >= 15 is 0 Å². The Kier molecular flexibility index (Phi) is 4.59. The number of aromatic nitrogens is 1. The van der Waals surface area contributed by atoms with E-state index in [9.17, 15) is 5.11 Å². The van der Waals surface area contributed by atoms with Gasteiger partial charge >= 0.3 is 0 Å². The predicted molar refractivity (Wildman–Crippen MR) is 74.8 cm³/mol. The van der Waals surface area contributed by atoms with E-state index in [1.807, 2.05) is 6.07 Å². The van der Waals surface area contributed by atoms with Crippen LogP contribution in [0.3, 0.4) is 0 Å². The summed E-state index contributed by atoms with van der Waals surface area (Å²) in [4.78, 5) is 6.97. The molecule has 1 aromatic heterocycles. The van der Waals surface area contributed by atoms with Gasteiger partial charge in [-0.15, -0.1) is 0 Å². The van der Waals surface area contributed by atoms with Gasteiger partial charge in [-0.05, 0) is 37.8 Å². The highest BCUT2D eigenvalue weighted by atomic mass is 16.3. The first-order valence-electron chi connectivity index (χ1n) is 7.13. The van der Waals surface area contributed by atoms with Crippen LogP contribution in [-0.4, -0.2) is 22.7 Å². The molecule has 0 saturated carbocycles. The summed E-state index contributed by atoms with van der Waals surface area (Å²) in [5.41, 5.74) is 0.890. The molecule has 1 aliphatic heterocycles. The Hall–Kier alpha value is -1.09. The molecule has 1 aliphatic rings. The summed E-state index contributed by atoms with van der Waals surface area (Å²) < 4.78 is 0. The van der Waals surface area contributed by atoms with Crippen molar-refractivity contribution >= 4 is 5.82 Å². The van der Waals surface area contributed by atoms with Crippen molar-refractivity contribution in [1.29, 1.82) is 0 Å². The molecule has 18 heavy (non-hydrogen) atoms. The molecule has 0 bridgehead atoms. The highest BCUT2D eigenvalue weighted by Crippen LogP contribution is 2.25. The van der Waals surface area contributed by atoms with Crippen LogP contribution in [0.15, 0.2) is 18.3 Å². The Morgan fingerprint density at radius 1 is 1.39 bits per heavy atom. The number of rotatable bonds is 3. The second-order valence-electron chi connectivity index (χ2n) is 5.23. The smallest absolute Gasteiger partial charge is 0.128 e. The zero-order valence-electron chi connectivity index (χ0n) is 11.5. The van der Waals surface area contributed by atoms with Crippen molar-refractivity contribution in [3.8, 4) is 0 Å². The topological polar surface area (TPSA) is 36.4 Å². The molecule has 3 heteroatoms. The largest absolute Gasteiger partial charge is 0.389 e. The van der Waals surface area contributed by atoms with E-state index in [0.29, 0.717) is 6.04 Å². The van der Waals surface area contributed by atoms with Gasteiger partial charge in [0, 0.05) is 18.8 Å². The van der Waals surface area contributed by atoms with Crippen LogP contribution < -0.4 is 4.90 Å². The maximum atomic E-state index is 9.51. The van der Waals surface area contributed by atoms with Crippen molar-refractivity contribution in [2.24, 2.45) is 0 Å². The van der Waals surface area contributed by atoms with Crippen LogP contribution in [0.2, 0.25) is 0 Å². The monoisotopic (exact) mass is 248 g/mol. The summed E-state index contributed by atoms with van der Waals surface area (Å²) in [6, 6.07) is 4.66. The number of nitrogens with zero attached hydrogens (tertiary/aromatic N) is 2. The molecule has 1 aromatic rings. The van der Waals surface area contributed by atoms with Gasteiger partial charge in [0.15, 0.2) is 0 Å². The predicted octanol–water partition coefficient (Wildman–Crippen LogP) is 3.29. The van der Waals surface area contributed by atoms with Crippen molar-refractivity contribution in [3.05, 3.63) is 23.9 Å². The molecule has 1 N–H and O–H groups in total. The van der Waals surface area contributed by atoms with Crippen molar-refractivity contribution < 1.29 is 5.11 Å². The van der Waals surface area contributed by atoms with Gasteiger partial charge in [0.2, 0.25) is 0 Å². The van der Waals surface area contributed by atoms with E-state index in [4.69, 9.17) is 0 Å². The Bertz CT molecular complexity index is 361. The third-order valence-electron chi connectivity index (χ3n) is 3.90. The molecule has 1 unspecified atom stereocenters. The summed E-state index contributed by atoms with van der Waals surface area (Å²) >= 11 is 0. The fourth-order valence-electron chi connectivity index (χ4n) is 2.72. The molecule has 0 aliphatic carbocycles. The van der Waals surface area contributed by atoms with E-state index in [-0.39, 0.29) is 0 Å². The lowest BCUT2D eigenvalue weighted by Gasteiger charge is -2.30. The number of aliphatic hydroxyl groups is 1. The molecular weight excluding hydrogens is 224 g/mol. The van der Waals surface area contributed by atoms with E-state index in [1.54, 1.807) is 13.1 Å². The molecule has 2 atom stereocenters. The summed E-state index contributed by atoms with van der Waals surface area (Å²) in [6.07, 6.45) is 7.75. The normalized spacial score (nSPS) is 22.6. The van der Waals surface area contributed by atoms with Crippen LogP contribution in [0.5, 0.6) is 0 Å². The van der Waals surface area contributed by atoms with Crippen molar-refractivity contribution in [2.45, 2.75) is 58.1 Å². The fraction of sp³-hybridized carbons (Fsp3) is 0.667. The molecule has 1 saturated heterocycles. The molecule has 2 rings (SSSR count). The lowest BCUT2D eigenvalue weighted by Crippen LogP contribution is -2.35. The third kappa shape index (κ3) is 3.02. The highest BCUT2D eigenvalue weighted by molar-refractivity contribution is 5.41. The summed E-state index contributed by atoms with van der Waals surface area (Å²) in [7, 11) is 0. The van der Waals surface area contributed by atoms with Crippen molar-refractivity contribution in [1.82, 2.24) is 4.98 Å². The molecule has 2 heterocycles. The number of pyridine rings is 1. The molecule has 0 aromatic carbocycles. The van der Waals surface area contributed by atoms with Crippen LogP contribution in [0, 0.1) is 0 Å². The van der Waals surface area contributed by atoms with E-state index in [2.05, 4.69) is 22.9 Å². The molecule has 100 valence electrons. The maximum absolute atomic E-state index is 9.51. The molecule has 0 amide bonds. The first-order chi connectivity index (χ1) is 8.72. The van der Waals surface area contributed by atoms with Gasteiger partial charge in [0.25, 0.3) is 0 Å². The average molecular weight is 248 g/mol. The molecule has 0 spiro atoms. The molecule has 3 nitrogen and oxygen atoms in total. The SMILES string of the molecule is CCC1CCCCCN1c1ccc([C@@H](C)O)cn1. The van der Waals surface area contributed by atoms with Crippen molar-refractivity contribution in [2.75, 3.05) is 11.4 Å². The Morgan fingerprint density at radius 3 is 2.83 bits per heavy atom. The minimum Gasteiger partial charge on any atom is -0.389 e. The number of hydrogen-bond acceptors (Lipinski definition) is 3. The second kappa shape index (κ2) is 6.19. The average Bonchev–Trinajstić information content (AvgIpc) is 2.63. The van der Waals surface area contributed by atoms with Gasteiger partial charge in [-0.2, -0.15) is 0 Å². The van der Waals surface area contributed by atoms with Crippen LogP contribution in [0.1, 0.15) is 57.6 Å². The van der Waals surface area contributed by atoms with Gasteiger partial charge in [0.1, 0.15) is 5.82 Å². The van der Waals surface area contributed by atoms with Crippen LogP contribution in [0.25, 0.3) is 0 Å². The molecular formula is C15H24N2O. The van der Waals surface area contributed by atoms with Gasteiger partial charge in [-0.25, -0.2) is 4.98 Å². The van der Waals surface area contributed by atoms with Gasteiger partial charge in [-0.3, -0.25) is 0 Å². The minimum atomic E-state index is -0.433. The quantitative estimate of drug-likeness (QED) is 0.891. The van der Waals surface area contributed by atoms with E-state index in [1.165, 1.54) is 32.1 Å². The minimum absolute atomic E-state index is 0.433. The molecule has 1 fully saturated rings. The zero-order valence-corrected chi connectivity index (χ0v) is 11.5. The van der Waals surface area contributed by atoms with Gasteiger partial charge in [0.05, 0.1) is 6.10 Å². The van der Waals surface area contributed by atoms with Gasteiger partial charge in [-0.1, -0.05) is 25.8 Å². The standard InChI is InChI=1S/C15H24N2O/c1-3-14-7-5-4-6-10-17(14)15-9-8-13(11-16-15)12(2)18/h8-9,11-12,14,18H,3-7,10H2,1-2H3/t12-,14?/m1/s1. The third-order valence-corrected chi connectivity index (χ3v) is 3.90. The second-order valence-corrected chi connectivity index (χ2v) is 5.23. The summed E-state index contributed by atoms with van der Waals surface area (Å²) in [6.45, 7) is 5.14. The number of aliphatic hydroxyl groups excluding tert-OH is 1. The Morgan fingerprint density at radius 2 is 2.22 bits per heavy atom. The summed E-state index contributed by atoms with van der Waals surface area (Å²) in [5.74, 6) is 1.06. The number of hydrogen-bond donors (Lipinski definition) is 1. The fourth-order valence-corrected chi connectivity index (χ4v) is 2.72. The first kappa shape index (κ1) is 13.3. The Balaban J connectivity index is 2.16. The lowest BCUT2D eigenvalue weighted by atomic mass is 10.1. The summed E-state index contributed by atoms with van der Waals surface area (Å²) in [5, 5.41) is 9.51. The highest BCUT2D eigenvalue weighted by Gasteiger charge is 2.20.